The molecular formula is C24H16N6. The number of aromatic nitrogens is 6. The van der Waals surface area contributed by atoms with Gasteiger partial charge in [0.15, 0.2) is 0 Å². The molecule has 0 atom stereocenters. The lowest BCUT2D eigenvalue weighted by molar-refractivity contribution is 1.12. The minimum Gasteiger partial charge on any atom is -0.353 e. The van der Waals surface area contributed by atoms with Gasteiger partial charge in [-0.15, -0.1) is 0 Å². The van der Waals surface area contributed by atoms with E-state index in [1.165, 1.54) is 0 Å². The summed E-state index contributed by atoms with van der Waals surface area (Å²) in [6.07, 6.45) is 9.03. The highest BCUT2D eigenvalue weighted by Gasteiger charge is 2.14. The summed E-state index contributed by atoms with van der Waals surface area (Å²) in [7, 11) is 0. The molecule has 0 saturated carbocycles. The quantitative estimate of drug-likeness (QED) is 0.435. The maximum atomic E-state index is 4.60. The van der Waals surface area contributed by atoms with Crippen LogP contribution in [0.3, 0.4) is 0 Å². The SMILES string of the molecule is c1cncc(-c2nccc3[nH]c(-c4n[nH]c5ccc(-c6ccncc6)cc45)cc23)c1. The largest absolute Gasteiger partial charge is 0.353 e. The van der Waals surface area contributed by atoms with E-state index in [2.05, 4.69) is 54.4 Å². The lowest BCUT2D eigenvalue weighted by Gasteiger charge is -2.02. The molecule has 5 heterocycles. The van der Waals surface area contributed by atoms with Crippen molar-refractivity contribution in [3.05, 3.63) is 85.6 Å². The van der Waals surface area contributed by atoms with Crippen LogP contribution in [0.15, 0.2) is 85.6 Å². The van der Waals surface area contributed by atoms with Crippen molar-refractivity contribution in [3.63, 3.8) is 0 Å². The first kappa shape index (κ1) is 16.6. The monoisotopic (exact) mass is 388 g/mol. The Bertz CT molecular complexity index is 1480. The maximum absolute atomic E-state index is 4.60. The van der Waals surface area contributed by atoms with Crippen LogP contribution >= 0.6 is 0 Å². The Morgan fingerprint density at radius 3 is 2.40 bits per heavy atom. The Morgan fingerprint density at radius 1 is 0.633 bits per heavy atom. The number of hydrogen-bond donors (Lipinski definition) is 2. The van der Waals surface area contributed by atoms with E-state index in [0.29, 0.717) is 0 Å². The molecule has 1 aromatic carbocycles. The summed E-state index contributed by atoms with van der Waals surface area (Å²) in [6.45, 7) is 0. The second kappa shape index (κ2) is 6.63. The number of hydrogen-bond acceptors (Lipinski definition) is 4. The van der Waals surface area contributed by atoms with Gasteiger partial charge in [-0.25, -0.2) is 0 Å². The van der Waals surface area contributed by atoms with Gasteiger partial charge in [-0.3, -0.25) is 20.1 Å². The van der Waals surface area contributed by atoms with Crippen LogP contribution in [0.1, 0.15) is 0 Å². The van der Waals surface area contributed by atoms with Gasteiger partial charge in [-0.05, 0) is 59.7 Å². The number of pyridine rings is 3. The first-order valence-electron chi connectivity index (χ1n) is 9.64. The van der Waals surface area contributed by atoms with E-state index in [-0.39, 0.29) is 0 Å². The first-order chi connectivity index (χ1) is 14.9. The number of aromatic amines is 2. The Labute approximate surface area is 171 Å². The van der Waals surface area contributed by atoms with Crippen molar-refractivity contribution in [2.75, 3.05) is 0 Å². The van der Waals surface area contributed by atoms with Crippen molar-refractivity contribution >= 4 is 21.8 Å². The zero-order chi connectivity index (χ0) is 19.9. The minimum absolute atomic E-state index is 0.884. The standard InChI is InChI=1S/C24H16N6/c1-2-17(14-26-8-1)23-19-13-22(28-20(19)7-11-27-23)24-18-12-16(3-4-21(18)29-30-24)15-5-9-25-10-6-15/h1-14,28H,(H,29,30). The fourth-order valence-electron chi connectivity index (χ4n) is 3.86. The Morgan fingerprint density at radius 2 is 1.53 bits per heavy atom. The molecule has 0 bridgehead atoms. The first-order valence-corrected chi connectivity index (χ1v) is 9.64. The van der Waals surface area contributed by atoms with Crippen LogP contribution in [0.2, 0.25) is 0 Å². The second-order valence-electron chi connectivity index (χ2n) is 7.11. The van der Waals surface area contributed by atoms with Crippen LogP contribution in [0.4, 0.5) is 0 Å². The number of H-pyrrole nitrogens is 2. The van der Waals surface area contributed by atoms with Crippen molar-refractivity contribution in [1.82, 2.24) is 30.1 Å². The molecule has 0 unspecified atom stereocenters. The molecule has 2 N–H and O–H groups in total. The fraction of sp³-hybridized carbons (Fsp3) is 0. The smallest absolute Gasteiger partial charge is 0.116 e. The zero-order valence-electron chi connectivity index (χ0n) is 15.9. The lowest BCUT2D eigenvalue weighted by Crippen LogP contribution is -1.84. The van der Waals surface area contributed by atoms with Gasteiger partial charge in [-0.1, -0.05) is 6.07 Å². The highest BCUT2D eigenvalue weighted by Crippen LogP contribution is 2.34. The van der Waals surface area contributed by atoms with Crippen molar-refractivity contribution in [1.29, 1.82) is 0 Å². The van der Waals surface area contributed by atoms with Gasteiger partial charge < -0.3 is 4.98 Å². The van der Waals surface area contributed by atoms with Crippen molar-refractivity contribution in [2.24, 2.45) is 0 Å². The predicted octanol–water partition coefficient (Wildman–Crippen LogP) is 5.23. The Hall–Kier alpha value is -4.32. The summed E-state index contributed by atoms with van der Waals surface area (Å²) in [5.41, 5.74) is 7.98. The van der Waals surface area contributed by atoms with Gasteiger partial charge in [0.2, 0.25) is 0 Å². The van der Waals surface area contributed by atoms with Crippen LogP contribution < -0.4 is 0 Å². The number of nitrogens with zero attached hydrogens (tertiary/aromatic N) is 4. The summed E-state index contributed by atoms with van der Waals surface area (Å²) >= 11 is 0. The topological polar surface area (TPSA) is 83.1 Å². The molecule has 0 radical (unpaired) electrons. The Kier molecular flexibility index (Phi) is 3.67. The van der Waals surface area contributed by atoms with Crippen LogP contribution in [0, 0.1) is 0 Å². The van der Waals surface area contributed by atoms with Crippen LogP contribution in [-0.2, 0) is 0 Å². The zero-order valence-corrected chi connectivity index (χ0v) is 15.9. The fourth-order valence-corrected chi connectivity index (χ4v) is 3.86. The molecule has 0 saturated heterocycles. The predicted molar refractivity (Wildman–Crippen MR) is 118 cm³/mol. The molecule has 0 fully saturated rings. The van der Waals surface area contributed by atoms with E-state index < -0.39 is 0 Å². The highest BCUT2D eigenvalue weighted by atomic mass is 15.1. The van der Waals surface area contributed by atoms with Crippen molar-refractivity contribution in [3.8, 4) is 33.8 Å². The van der Waals surface area contributed by atoms with Crippen LogP contribution in [-0.4, -0.2) is 30.1 Å². The Balaban J connectivity index is 1.52. The lowest BCUT2D eigenvalue weighted by atomic mass is 10.0. The highest BCUT2D eigenvalue weighted by molar-refractivity contribution is 6.00. The number of rotatable bonds is 3. The molecule has 0 aliphatic heterocycles. The molecule has 0 amide bonds. The van der Waals surface area contributed by atoms with Gasteiger partial charge in [0.05, 0.1) is 16.9 Å². The normalized spacial score (nSPS) is 11.3. The third kappa shape index (κ3) is 2.66. The molecule has 6 nitrogen and oxygen atoms in total. The van der Waals surface area contributed by atoms with E-state index in [0.717, 1.165) is 55.6 Å². The van der Waals surface area contributed by atoms with E-state index in [4.69, 9.17) is 0 Å². The van der Waals surface area contributed by atoms with Gasteiger partial charge in [-0.2, -0.15) is 5.10 Å². The van der Waals surface area contributed by atoms with Gasteiger partial charge in [0.25, 0.3) is 0 Å². The number of fused-ring (bicyclic) bond motifs is 2. The average molecular weight is 388 g/mol. The van der Waals surface area contributed by atoms with Crippen molar-refractivity contribution in [2.45, 2.75) is 0 Å². The van der Waals surface area contributed by atoms with E-state index in [9.17, 15) is 0 Å². The average Bonchev–Trinajstić information content (AvgIpc) is 3.43. The molecule has 6 aromatic rings. The summed E-state index contributed by atoms with van der Waals surface area (Å²) in [4.78, 5) is 16.4. The molecule has 0 aliphatic carbocycles. The van der Waals surface area contributed by atoms with E-state index in [1.54, 1.807) is 18.6 Å². The number of benzene rings is 1. The third-order valence-corrected chi connectivity index (χ3v) is 5.31. The summed E-state index contributed by atoms with van der Waals surface area (Å²) in [6, 6.07) is 18.4. The summed E-state index contributed by atoms with van der Waals surface area (Å²) < 4.78 is 0. The molecular weight excluding hydrogens is 372 g/mol. The van der Waals surface area contributed by atoms with Gasteiger partial charge in [0, 0.05) is 52.8 Å². The summed E-state index contributed by atoms with van der Waals surface area (Å²) in [5.74, 6) is 0. The third-order valence-electron chi connectivity index (χ3n) is 5.31. The molecule has 142 valence electrons. The maximum Gasteiger partial charge on any atom is 0.116 e. The van der Waals surface area contributed by atoms with E-state index >= 15 is 0 Å². The molecule has 6 rings (SSSR count). The van der Waals surface area contributed by atoms with Crippen LogP contribution in [0.25, 0.3) is 55.6 Å². The van der Waals surface area contributed by atoms with E-state index in [1.807, 2.05) is 42.7 Å². The van der Waals surface area contributed by atoms with Gasteiger partial charge >= 0.3 is 0 Å². The van der Waals surface area contributed by atoms with Gasteiger partial charge in [0.1, 0.15) is 5.69 Å². The molecule has 6 heteroatoms. The van der Waals surface area contributed by atoms with Crippen LogP contribution in [0.5, 0.6) is 0 Å². The minimum atomic E-state index is 0.884. The number of nitrogens with one attached hydrogen (secondary N) is 2. The second-order valence-corrected chi connectivity index (χ2v) is 7.11. The molecule has 5 aromatic heterocycles. The van der Waals surface area contributed by atoms with Crippen molar-refractivity contribution < 1.29 is 0 Å². The molecule has 30 heavy (non-hydrogen) atoms. The summed E-state index contributed by atoms with van der Waals surface area (Å²) in [5, 5.41) is 9.85. The molecule has 0 aliphatic rings. The molecule has 0 spiro atoms.